The second kappa shape index (κ2) is 8.68. The van der Waals surface area contributed by atoms with Gasteiger partial charge in [0.1, 0.15) is 10.8 Å². The molecule has 1 saturated heterocycles. The van der Waals surface area contributed by atoms with E-state index < -0.39 is 0 Å². The van der Waals surface area contributed by atoms with Crippen molar-refractivity contribution in [3.8, 4) is 10.6 Å². The Balaban J connectivity index is 1.36. The molecule has 0 unspecified atom stereocenters. The van der Waals surface area contributed by atoms with E-state index in [4.69, 9.17) is 16.3 Å². The number of hydrogen-bond donors (Lipinski definition) is 1. The SMILES string of the molecule is O=C(Cc1csc(-c2ccccc2Cl)n1)Nc1ccc(N2CCOCC2)cn1. The Morgan fingerprint density at radius 2 is 2.04 bits per heavy atom. The summed E-state index contributed by atoms with van der Waals surface area (Å²) in [7, 11) is 0. The highest BCUT2D eigenvalue weighted by Crippen LogP contribution is 2.30. The molecule has 28 heavy (non-hydrogen) atoms. The van der Waals surface area contributed by atoms with Gasteiger partial charge in [0.25, 0.3) is 0 Å². The first-order valence-corrected chi connectivity index (χ1v) is 10.2. The second-order valence-corrected chi connectivity index (χ2v) is 7.62. The average Bonchev–Trinajstić information content (AvgIpc) is 3.17. The van der Waals surface area contributed by atoms with E-state index in [9.17, 15) is 4.79 Å². The van der Waals surface area contributed by atoms with Crippen LogP contribution in [0.15, 0.2) is 48.0 Å². The van der Waals surface area contributed by atoms with Crippen molar-refractivity contribution in [3.63, 3.8) is 0 Å². The molecular weight excluding hydrogens is 396 g/mol. The standard InChI is InChI=1S/C20H19ClN4O2S/c21-17-4-2-1-3-16(17)20-23-14(13-28-20)11-19(26)24-18-6-5-15(12-22-18)25-7-9-27-10-8-25/h1-6,12-13H,7-11H2,(H,22,24,26). The molecule has 0 radical (unpaired) electrons. The summed E-state index contributed by atoms with van der Waals surface area (Å²) >= 11 is 7.69. The van der Waals surface area contributed by atoms with Crippen molar-refractivity contribution in [2.45, 2.75) is 6.42 Å². The van der Waals surface area contributed by atoms with Gasteiger partial charge in [-0.05, 0) is 18.2 Å². The number of halogens is 1. The van der Waals surface area contributed by atoms with Gasteiger partial charge in [-0.3, -0.25) is 4.79 Å². The number of rotatable bonds is 5. The third-order valence-corrected chi connectivity index (χ3v) is 5.64. The van der Waals surface area contributed by atoms with Crippen LogP contribution in [0.5, 0.6) is 0 Å². The summed E-state index contributed by atoms with van der Waals surface area (Å²) in [5, 5.41) is 6.17. The quantitative estimate of drug-likeness (QED) is 0.686. The summed E-state index contributed by atoms with van der Waals surface area (Å²) < 4.78 is 5.36. The molecule has 1 aromatic carbocycles. The van der Waals surface area contributed by atoms with Gasteiger partial charge in [-0.15, -0.1) is 11.3 Å². The molecule has 8 heteroatoms. The van der Waals surface area contributed by atoms with E-state index >= 15 is 0 Å². The van der Waals surface area contributed by atoms with Crippen LogP contribution >= 0.6 is 22.9 Å². The van der Waals surface area contributed by atoms with Crippen LogP contribution < -0.4 is 10.2 Å². The molecule has 1 fully saturated rings. The van der Waals surface area contributed by atoms with Gasteiger partial charge in [-0.2, -0.15) is 0 Å². The summed E-state index contributed by atoms with van der Waals surface area (Å²) in [6.07, 6.45) is 1.97. The zero-order valence-corrected chi connectivity index (χ0v) is 16.7. The van der Waals surface area contributed by atoms with E-state index in [2.05, 4.69) is 20.2 Å². The summed E-state index contributed by atoms with van der Waals surface area (Å²) in [4.78, 5) is 23.4. The molecule has 0 spiro atoms. The number of carbonyl (C=O) groups excluding carboxylic acids is 1. The summed E-state index contributed by atoms with van der Waals surface area (Å²) in [6, 6.07) is 11.3. The third kappa shape index (κ3) is 4.49. The molecule has 3 heterocycles. The number of nitrogens with zero attached hydrogens (tertiary/aromatic N) is 3. The number of benzene rings is 1. The molecule has 0 atom stereocenters. The lowest BCUT2D eigenvalue weighted by atomic mass is 10.2. The number of hydrogen-bond acceptors (Lipinski definition) is 6. The van der Waals surface area contributed by atoms with E-state index in [1.54, 1.807) is 6.20 Å². The number of amides is 1. The molecule has 2 aromatic heterocycles. The fourth-order valence-electron chi connectivity index (χ4n) is 2.97. The first-order chi connectivity index (χ1) is 13.7. The third-order valence-electron chi connectivity index (χ3n) is 4.39. The van der Waals surface area contributed by atoms with Crippen molar-refractivity contribution < 1.29 is 9.53 Å². The Kier molecular flexibility index (Phi) is 5.85. The van der Waals surface area contributed by atoms with E-state index in [0.29, 0.717) is 16.5 Å². The summed E-state index contributed by atoms with van der Waals surface area (Å²) in [5.41, 5.74) is 2.62. The molecule has 144 valence electrons. The molecule has 1 amide bonds. The number of ether oxygens (including phenoxy) is 1. The fourth-order valence-corrected chi connectivity index (χ4v) is 4.11. The van der Waals surface area contributed by atoms with Crippen molar-refractivity contribution in [3.05, 3.63) is 58.7 Å². The molecule has 0 saturated carbocycles. The average molecular weight is 415 g/mol. The van der Waals surface area contributed by atoms with Gasteiger partial charge in [0, 0.05) is 24.0 Å². The van der Waals surface area contributed by atoms with Gasteiger partial charge >= 0.3 is 0 Å². The summed E-state index contributed by atoms with van der Waals surface area (Å²) in [5.74, 6) is 0.381. The van der Waals surface area contributed by atoms with Gasteiger partial charge in [0.2, 0.25) is 5.91 Å². The number of anilines is 2. The Hall–Kier alpha value is -2.48. The number of nitrogens with one attached hydrogen (secondary N) is 1. The maximum atomic E-state index is 12.3. The first kappa shape index (κ1) is 18.9. The molecule has 1 aliphatic rings. The monoisotopic (exact) mass is 414 g/mol. The van der Waals surface area contributed by atoms with Crippen molar-refractivity contribution in [1.82, 2.24) is 9.97 Å². The lowest BCUT2D eigenvalue weighted by Gasteiger charge is -2.28. The van der Waals surface area contributed by atoms with Gasteiger partial charge in [-0.25, -0.2) is 9.97 Å². The van der Waals surface area contributed by atoms with Crippen molar-refractivity contribution in [2.75, 3.05) is 36.5 Å². The van der Waals surface area contributed by atoms with Crippen molar-refractivity contribution in [1.29, 1.82) is 0 Å². The molecule has 4 rings (SSSR count). The van der Waals surface area contributed by atoms with Crippen LogP contribution in [0.25, 0.3) is 10.6 Å². The second-order valence-electron chi connectivity index (χ2n) is 6.35. The Morgan fingerprint density at radius 3 is 2.79 bits per heavy atom. The highest BCUT2D eigenvalue weighted by molar-refractivity contribution is 7.13. The van der Waals surface area contributed by atoms with Crippen molar-refractivity contribution in [2.24, 2.45) is 0 Å². The van der Waals surface area contributed by atoms with E-state index in [1.807, 2.05) is 41.8 Å². The smallest absolute Gasteiger partial charge is 0.231 e. The van der Waals surface area contributed by atoms with Crippen LogP contribution in [0.3, 0.4) is 0 Å². The molecule has 3 aromatic rings. The number of thiazole rings is 1. The zero-order chi connectivity index (χ0) is 19.3. The predicted molar refractivity (Wildman–Crippen MR) is 112 cm³/mol. The van der Waals surface area contributed by atoms with Crippen LogP contribution in [-0.2, 0) is 16.0 Å². The highest BCUT2D eigenvalue weighted by Gasteiger charge is 2.13. The number of carbonyl (C=O) groups is 1. The first-order valence-electron chi connectivity index (χ1n) is 8.97. The number of morpholine rings is 1. The minimum atomic E-state index is -0.150. The number of aromatic nitrogens is 2. The van der Waals surface area contributed by atoms with E-state index in [1.165, 1.54) is 11.3 Å². The molecule has 6 nitrogen and oxygen atoms in total. The Labute approximate surface area is 172 Å². The van der Waals surface area contributed by atoms with E-state index in [0.717, 1.165) is 42.6 Å². The minimum Gasteiger partial charge on any atom is -0.378 e. The van der Waals surface area contributed by atoms with Gasteiger partial charge in [0.05, 0.1) is 42.2 Å². The van der Waals surface area contributed by atoms with Gasteiger partial charge < -0.3 is 15.0 Å². The van der Waals surface area contributed by atoms with Crippen LogP contribution in [0.1, 0.15) is 5.69 Å². The molecule has 0 bridgehead atoms. The Bertz CT molecular complexity index is 955. The molecule has 0 aliphatic carbocycles. The molecule has 1 N–H and O–H groups in total. The normalized spacial score (nSPS) is 14.1. The summed E-state index contributed by atoms with van der Waals surface area (Å²) in [6.45, 7) is 3.15. The Morgan fingerprint density at radius 1 is 1.21 bits per heavy atom. The molecular formula is C20H19ClN4O2S. The number of pyridine rings is 1. The van der Waals surface area contributed by atoms with E-state index in [-0.39, 0.29) is 12.3 Å². The maximum Gasteiger partial charge on any atom is 0.231 e. The fraction of sp³-hybridized carbons (Fsp3) is 0.250. The lowest BCUT2D eigenvalue weighted by Crippen LogP contribution is -2.36. The van der Waals surface area contributed by atoms with Gasteiger partial charge in [-0.1, -0.05) is 29.8 Å². The van der Waals surface area contributed by atoms with Crippen LogP contribution in [-0.4, -0.2) is 42.2 Å². The lowest BCUT2D eigenvalue weighted by molar-refractivity contribution is -0.115. The van der Waals surface area contributed by atoms with Crippen LogP contribution in [0.4, 0.5) is 11.5 Å². The maximum absolute atomic E-state index is 12.3. The zero-order valence-electron chi connectivity index (χ0n) is 15.1. The van der Waals surface area contributed by atoms with Crippen molar-refractivity contribution >= 4 is 40.4 Å². The molecule has 1 aliphatic heterocycles. The highest BCUT2D eigenvalue weighted by atomic mass is 35.5. The minimum absolute atomic E-state index is 0.150. The predicted octanol–water partition coefficient (Wildman–Crippen LogP) is 3.88. The van der Waals surface area contributed by atoms with Crippen LogP contribution in [0.2, 0.25) is 5.02 Å². The van der Waals surface area contributed by atoms with Gasteiger partial charge in [0.15, 0.2) is 0 Å². The van der Waals surface area contributed by atoms with Crippen LogP contribution in [0, 0.1) is 0 Å². The largest absolute Gasteiger partial charge is 0.378 e. The topological polar surface area (TPSA) is 67.4 Å².